The number of benzene rings is 1. The fourth-order valence-corrected chi connectivity index (χ4v) is 2.18. The van der Waals surface area contributed by atoms with E-state index in [9.17, 15) is 4.79 Å². The number of urea groups is 1. The molecule has 3 rings (SSSR count). The fourth-order valence-electron chi connectivity index (χ4n) is 2.18. The summed E-state index contributed by atoms with van der Waals surface area (Å²) in [5.41, 5.74) is 1.73. The molecule has 2 heterocycles. The minimum atomic E-state index is -0.249. The van der Waals surface area contributed by atoms with Gasteiger partial charge >= 0.3 is 6.03 Å². The molecule has 2 amide bonds. The highest BCUT2D eigenvalue weighted by atomic mass is 16.2. The van der Waals surface area contributed by atoms with E-state index in [0.717, 1.165) is 12.0 Å². The molecule has 5 heteroatoms. The van der Waals surface area contributed by atoms with Gasteiger partial charge in [0.15, 0.2) is 0 Å². The predicted molar refractivity (Wildman–Crippen MR) is 77.4 cm³/mol. The van der Waals surface area contributed by atoms with Crippen LogP contribution in [0.15, 0.2) is 60.0 Å². The summed E-state index contributed by atoms with van der Waals surface area (Å²) in [7, 11) is 0. The second kappa shape index (κ2) is 5.52. The zero-order valence-corrected chi connectivity index (χ0v) is 10.8. The van der Waals surface area contributed by atoms with Gasteiger partial charge in [-0.1, -0.05) is 30.3 Å². The van der Waals surface area contributed by atoms with Crippen molar-refractivity contribution in [1.29, 1.82) is 0 Å². The van der Waals surface area contributed by atoms with Crippen LogP contribution in [0.4, 0.5) is 10.5 Å². The van der Waals surface area contributed by atoms with Crippen molar-refractivity contribution < 1.29 is 4.79 Å². The molecule has 0 saturated heterocycles. The Bertz CT molecular complexity index is 612. The first-order valence-corrected chi connectivity index (χ1v) is 6.42. The summed E-state index contributed by atoms with van der Waals surface area (Å²) in [6.07, 6.45) is 5.76. The minimum absolute atomic E-state index is 0.0483. The van der Waals surface area contributed by atoms with Crippen LogP contribution in [0.2, 0.25) is 0 Å². The molecule has 0 aliphatic carbocycles. The van der Waals surface area contributed by atoms with E-state index in [1.165, 1.54) is 5.01 Å². The van der Waals surface area contributed by atoms with Crippen LogP contribution in [0.3, 0.4) is 0 Å². The van der Waals surface area contributed by atoms with E-state index in [0.29, 0.717) is 5.69 Å². The van der Waals surface area contributed by atoms with Crippen molar-refractivity contribution in [3.05, 3.63) is 60.4 Å². The van der Waals surface area contributed by atoms with Crippen LogP contribution in [-0.4, -0.2) is 22.2 Å². The van der Waals surface area contributed by atoms with Gasteiger partial charge in [-0.2, -0.15) is 5.10 Å². The quantitative estimate of drug-likeness (QED) is 0.908. The summed E-state index contributed by atoms with van der Waals surface area (Å²) >= 11 is 0. The molecule has 0 radical (unpaired) electrons. The molecule has 1 atom stereocenters. The number of hydrogen-bond donors (Lipinski definition) is 1. The largest absolute Gasteiger partial charge is 0.342 e. The monoisotopic (exact) mass is 266 g/mol. The van der Waals surface area contributed by atoms with Gasteiger partial charge in [-0.3, -0.25) is 4.98 Å². The first kappa shape index (κ1) is 12.3. The molecule has 20 heavy (non-hydrogen) atoms. The maximum absolute atomic E-state index is 12.3. The van der Waals surface area contributed by atoms with E-state index in [2.05, 4.69) is 15.4 Å². The lowest BCUT2D eigenvalue weighted by atomic mass is 10.1. The molecule has 0 spiro atoms. The summed E-state index contributed by atoms with van der Waals surface area (Å²) < 4.78 is 0. The van der Waals surface area contributed by atoms with Crippen LogP contribution in [0.1, 0.15) is 18.0 Å². The average Bonchev–Trinajstić information content (AvgIpc) is 2.99. The van der Waals surface area contributed by atoms with E-state index in [1.54, 1.807) is 30.7 Å². The minimum Gasteiger partial charge on any atom is -0.305 e. The summed E-state index contributed by atoms with van der Waals surface area (Å²) in [6.45, 7) is 0. The summed E-state index contributed by atoms with van der Waals surface area (Å²) in [5.74, 6) is 0. The molecule has 0 bridgehead atoms. The molecular weight excluding hydrogens is 252 g/mol. The maximum Gasteiger partial charge on any atom is 0.342 e. The molecule has 2 aromatic rings. The molecule has 1 aliphatic heterocycles. The number of hydrogen-bond acceptors (Lipinski definition) is 3. The van der Waals surface area contributed by atoms with Crippen LogP contribution in [0, 0.1) is 0 Å². The maximum atomic E-state index is 12.3. The van der Waals surface area contributed by atoms with Crippen molar-refractivity contribution in [3.8, 4) is 0 Å². The molecule has 1 aliphatic rings. The van der Waals surface area contributed by atoms with Crippen molar-refractivity contribution in [1.82, 2.24) is 9.99 Å². The molecular formula is C15H14N4O. The van der Waals surface area contributed by atoms with Gasteiger partial charge in [0.05, 0.1) is 17.9 Å². The SMILES string of the molecule is O=C(Nc1cccnc1)N1N=CC[C@H]1c1ccccc1. The van der Waals surface area contributed by atoms with Gasteiger partial charge in [0.1, 0.15) is 0 Å². The van der Waals surface area contributed by atoms with E-state index in [1.807, 2.05) is 30.3 Å². The van der Waals surface area contributed by atoms with Crippen LogP contribution >= 0.6 is 0 Å². The normalized spacial score (nSPS) is 17.2. The summed E-state index contributed by atoms with van der Waals surface area (Å²) in [5, 5.41) is 8.43. The highest BCUT2D eigenvalue weighted by molar-refractivity contribution is 5.90. The molecule has 0 saturated carbocycles. The molecule has 1 aromatic carbocycles. The number of aromatic nitrogens is 1. The van der Waals surface area contributed by atoms with Crippen LogP contribution in [0.25, 0.3) is 0 Å². The van der Waals surface area contributed by atoms with Gasteiger partial charge in [-0.05, 0) is 17.7 Å². The zero-order valence-electron chi connectivity index (χ0n) is 10.8. The second-order valence-electron chi connectivity index (χ2n) is 4.48. The van der Waals surface area contributed by atoms with Crippen molar-refractivity contribution in [2.45, 2.75) is 12.5 Å². The number of hydrazone groups is 1. The zero-order chi connectivity index (χ0) is 13.8. The van der Waals surface area contributed by atoms with Crippen molar-refractivity contribution in [2.75, 3.05) is 5.32 Å². The topological polar surface area (TPSA) is 57.6 Å². The second-order valence-corrected chi connectivity index (χ2v) is 4.48. The number of rotatable bonds is 2. The Labute approximate surface area is 116 Å². The third kappa shape index (κ3) is 2.51. The lowest BCUT2D eigenvalue weighted by Crippen LogP contribution is -2.31. The summed E-state index contributed by atoms with van der Waals surface area (Å²) in [6, 6.07) is 13.2. The Morgan fingerprint density at radius 2 is 2.05 bits per heavy atom. The predicted octanol–water partition coefficient (Wildman–Crippen LogP) is 3.05. The van der Waals surface area contributed by atoms with E-state index >= 15 is 0 Å². The van der Waals surface area contributed by atoms with Gasteiger partial charge in [0, 0.05) is 18.8 Å². The highest BCUT2D eigenvalue weighted by Crippen LogP contribution is 2.28. The first-order valence-electron chi connectivity index (χ1n) is 6.42. The number of carbonyl (C=O) groups is 1. The first-order chi connectivity index (χ1) is 9.84. The number of anilines is 1. The Morgan fingerprint density at radius 3 is 2.80 bits per heavy atom. The Kier molecular flexibility index (Phi) is 3.41. The van der Waals surface area contributed by atoms with Gasteiger partial charge in [0.25, 0.3) is 0 Å². The van der Waals surface area contributed by atoms with Crippen LogP contribution in [0.5, 0.6) is 0 Å². The van der Waals surface area contributed by atoms with Gasteiger partial charge in [-0.15, -0.1) is 0 Å². The van der Waals surface area contributed by atoms with E-state index in [-0.39, 0.29) is 12.1 Å². The van der Waals surface area contributed by atoms with Crippen molar-refractivity contribution in [2.24, 2.45) is 5.10 Å². The number of carbonyl (C=O) groups excluding carboxylic acids is 1. The lowest BCUT2D eigenvalue weighted by Gasteiger charge is -2.22. The molecule has 1 aromatic heterocycles. The Morgan fingerprint density at radius 1 is 1.20 bits per heavy atom. The van der Waals surface area contributed by atoms with Crippen LogP contribution in [-0.2, 0) is 0 Å². The molecule has 1 N–H and O–H groups in total. The number of nitrogens with one attached hydrogen (secondary N) is 1. The molecule has 5 nitrogen and oxygen atoms in total. The Balaban J connectivity index is 1.75. The van der Waals surface area contributed by atoms with Gasteiger partial charge < -0.3 is 5.32 Å². The van der Waals surface area contributed by atoms with E-state index < -0.39 is 0 Å². The van der Waals surface area contributed by atoms with Gasteiger partial charge in [0.2, 0.25) is 0 Å². The van der Waals surface area contributed by atoms with E-state index in [4.69, 9.17) is 0 Å². The molecule has 0 fully saturated rings. The smallest absolute Gasteiger partial charge is 0.305 e. The Hall–Kier alpha value is -2.69. The van der Waals surface area contributed by atoms with Crippen LogP contribution < -0.4 is 5.32 Å². The number of pyridine rings is 1. The fraction of sp³-hybridized carbons (Fsp3) is 0.133. The van der Waals surface area contributed by atoms with Crippen molar-refractivity contribution >= 4 is 17.9 Å². The summed E-state index contributed by atoms with van der Waals surface area (Å²) in [4.78, 5) is 16.2. The number of amides is 2. The van der Waals surface area contributed by atoms with Crippen molar-refractivity contribution in [3.63, 3.8) is 0 Å². The highest BCUT2D eigenvalue weighted by Gasteiger charge is 2.28. The lowest BCUT2D eigenvalue weighted by molar-refractivity contribution is 0.200. The molecule has 100 valence electrons. The third-order valence-corrected chi connectivity index (χ3v) is 3.14. The standard InChI is InChI=1S/C15H14N4O/c20-15(18-13-7-4-9-16-11-13)19-14(8-10-17-19)12-5-2-1-3-6-12/h1-7,9-11,14H,8H2,(H,18,20)/t14-/m0/s1. The van der Waals surface area contributed by atoms with Gasteiger partial charge in [-0.25, -0.2) is 9.80 Å². The average molecular weight is 266 g/mol. The third-order valence-electron chi connectivity index (χ3n) is 3.14. The molecule has 0 unspecified atom stereocenters. The number of nitrogens with zero attached hydrogens (tertiary/aromatic N) is 3.